The zero-order valence-electron chi connectivity index (χ0n) is 17.8. The number of piperidine rings is 1. The molecule has 2 aliphatic rings. The van der Waals surface area contributed by atoms with Crippen molar-refractivity contribution in [2.45, 2.75) is 44.3 Å². The molecule has 1 unspecified atom stereocenters. The summed E-state index contributed by atoms with van der Waals surface area (Å²) in [5, 5.41) is 6.27. The largest absolute Gasteiger partial charge is 0.376 e. The molecule has 2 aliphatic heterocycles. The number of aliphatic imine (C=N–C) groups is 1. The molecule has 0 bridgehead atoms. The number of amides is 1. The van der Waals surface area contributed by atoms with E-state index in [0.717, 1.165) is 51.5 Å². The number of hydrogen-bond donors (Lipinski definition) is 2. The van der Waals surface area contributed by atoms with Crippen molar-refractivity contribution in [1.29, 1.82) is 0 Å². The molecule has 0 aliphatic carbocycles. The molecule has 30 heavy (non-hydrogen) atoms. The van der Waals surface area contributed by atoms with Crippen molar-refractivity contribution in [3.63, 3.8) is 0 Å². The third kappa shape index (κ3) is 8.03. The van der Waals surface area contributed by atoms with Gasteiger partial charge in [0, 0.05) is 45.4 Å². The molecule has 1 atom stereocenters. The Morgan fingerprint density at radius 3 is 2.53 bits per heavy atom. The van der Waals surface area contributed by atoms with Crippen LogP contribution in [0.3, 0.4) is 0 Å². The van der Waals surface area contributed by atoms with Crippen molar-refractivity contribution in [1.82, 2.24) is 15.5 Å². The topological polar surface area (TPSA) is 75.2 Å². The number of nitrogens with one attached hydrogen (secondary N) is 2. The smallest absolute Gasteiger partial charge is 0.251 e. The molecule has 1 aromatic carbocycles. The van der Waals surface area contributed by atoms with Crippen LogP contribution in [0.15, 0.2) is 35.3 Å². The summed E-state index contributed by atoms with van der Waals surface area (Å²) in [7, 11) is 1.80. The quantitative estimate of drug-likeness (QED) is 0.246. The maximum atomic E-state index is 12.1. The fourth-order valence-electron chi connectivity index (χ4n) is 3.79. The van der Waals surface area contributed by atoms with Gasteiger partial charge < -0.3 is 25.0 Å². The molecule has 0 spiro atoms. The number of guanidine groups is 1. The lowest BCUT2D eigenvalue weighted by Gasteiger charge is -2.35. The summed E-state index contributed by atoms with van der Waals surface area (Å²) >= 11 is 0. The van der Waals surface area contributed by atoms with Crippen molar-refractivity contribution in [3.8, 4) is 0 Å². The molecule has 7 nitrogen and oxygen atoms in total. The van der Waals surface area contributed by atoms with Gasteiger partial charge in [0.2, 0.25) is 0 Å². The summed E-state index contributed by atoms with van der Waals surface area (Å²) in [4.78, 5) is 18.7. The summed E-state index contributed by atoms with van der Waals surface area (Å²) in [6.07, 6.45) is 6.13. The van der Waals surface area contributed by atoms with Crippen LogP contribution in [0, 0.1) is 0 Å². The molecule has 2 N–H and O–H groups in total. The number of nitrogens with zero attached hydrogens (tertiary/aromatic N) is 2. The second kappa shape index (κ2) is 13.8. The first-order valence-corrected chi connectivity index (χ1v) is 10.8. The van der Waals surface area contributed by atoms with Crippen LogP contribution in [0.1, 0.15) is 42.5 Å². The van der Waals surface area contributed by atoms with Crippen molar-refractivity contribution < 1.29 is 14.3 Å². The third-order valence-corrected chi connectivity index (χ3v) is 5.47. The number of halogens is 1. The molecular formula is C22H35IN4O3. The predicted octanol–water partition coefficient (Wildman–Crippen LogP) is 2.66. The molecule has 1 amide bonds. The fraction of sp³-hybridized carbons (Fsp3) is 0.636. The first-order valence-electron chi connectivity index (χ1n) is 10.8. The van der Waals surface area contributed by atoms with E-state index < -0.39 is 0 Å². The highest BCUT2D eigenvalue weighted by Crippen LogP contribution is 2.17. The Morgan fingerprint density at radius 1 is 1.13 bits per heavy atom. The maximum Gasteiger partial charge on any atom is 0.251 e. The van der Waals surface area contributed by atoms with Gasteiger partial charge in [-0.1, -0.05) is 18.2 Å². The number of hydrogen-bond acceptors (Lipinski definition) is 4. The SMILES string of the molecule is CN=C(NCCNC(=O)c1ccccc1)N1CCC(OCC2CCCCO2)CC1.I. The van der Waals surface area contributed by atoms with Gasteiger partial charge in [-0.25, -0.2) is 0 Å². The van der Waals surface area contributed by atoms with Crippen LogP contribution in [-0.4, -0.2) is 75.4 Å². The van der Waals surface area contributed by atoms with Crippen LogP contribution in [0.4, 0.5) is 0 Å². The third-order valence-electron chi connectivity index (χ3n) is 5.47. The second-order valence-electron chi connectivity index (χ2n) is 7.60. The van der Waals surface area contributed by atoms with Crippen molar-refractivity contribution in [3.05, 3.63) is 35.9 Å². The zero-order valence-corrected chi connectivity index (χ0v) is 20.2. The average molecular weight is 530 g/mol. The van der Waals surface area contributed by atoms with Crippen LogP contribution in [-0.2, 0) is 9.47 Å². The first-order chi connectivity index (χ1) is 14.3. The summed E-state index contributed by atoms with van der Waals surface area (Å²) in [5.74, 6) is 0.829. The lowest BCUT2D eigenvalue weighted by molar-refractivity contribution is -0.0721. The van der Waals surface area contributed by atoms with E-state index >= 15 is 0 Å². The minimum absolute atomic E-state index is 0. The molecule has 8 heteroatoms. The molecule has 3 rings (SSSR count). The van der Waals surface area contributed by atoms with Gasteiger partial charge in [-0.3, -0.25) is 9.79 Å². The molecule has 1 aromatic rings. The van der Waals surface area contributed by atoms with E-state index in [1.165, 1.54) is 12.8 Å². The Balaban J connectivity index is 0.00000320. The van der Waals surface area contributed by atoms with E-state index in [4.69, 9.17) is 9.47 Å². The van der Waals surface area contributed by atoms with Crippen molar-refractivity contribution in [2.24, 2.45) is 4.99 Å². The van der Waals surface area contributed by atoms with Gasteiger partial charge in [0.1, 0.15) is 0 Å². The zero-order chi connectivity index (χ0) is 20.3. The number of benzene rings is 1. The van der Waals surface area contributed by atoms with Crippen LogP contribution in [0.5, 0.6) is 0 Å². The van der Waals surface area contributed by atoms with Gasteiger partial charge >= 0.3 is 0 Å². The predicted molar refractivity (Wildman–Crippen MR) is 130 cm³/mol. The summed E-state index contributed by atoms with van der Waals surface area (Å²) in [6.45, 7) is 4.63. The molecule has 0 aromatic heterocycles. The van der Waals surface area contributed by atoms with E-state index in [1.54, 1.807) is 7.05 Å². The lowest BCUT2D eigenvalue weighted by atomic mass is 10.1. The number of rotatable bonds is 7. The fourth-order valence-corrected chi connectivity index (χ4v) is 3.79. The number of carbonyl (C=O) groups is 1. The molecule has 168 valence electrons. The number of likely N-dealkylation sites (tertiary alicyclic amines) is 1. The maximum absolute atomic E-state index is 12.1. The van der Waals surface area contributed by atoms with Crippen LogP contribution in [0.2, 0.25) is 0 Å². The molecule has 0 saturated carbocycles. The van der Waals surface area contributed by atoms with E-state index in [-0.39, 0.29) is 36.0 Å². The lowest BCUT2D eigenvalue weighted by Crippen LogP contribution is -2.48. The Kier molecular flexibility index (Phi) is 11.5. The standard InChI is InChI=1S/C22H34N4O3.HI/c1-23-22(25-13-12-24-21(27)18-7-3-2-4-8-18)26-14-10-19(11-15-26)29-17-20-9-5-6-16-28-20;/h2-4,7-8,19-20H,5-6,9-17H2,1H3,(H,23,25)(H,24,27);1H. The summed E-state index contributed by atoms with van der Waals surface area (Å²) in [6, 6.07) is 9.26. The highest BCUT2D eigenvalue weighted by molar-refractivity contribution is 14.0. The second-order valence-corrected chi connectivity index (χ2v) is 7.60. The van der Waals surface area contributed by atoms with Crippen molar-refractivity contribution in [2.75, 3.05) is 46.4 Å². The van der Waals surface area contributed by atoms with E-state index in [1.807, 2.05) is 30.3 Å². The summed E-state index contributed by atoms with van der Waals surface area (Å²) in [5.41, 5.74) is 0.678. The van der Waals surface area contributed by atoms with Crippen molar-refractivity contribution >= 4 is 35.8 Å². The highest BCUT2D eigenvalue weighted by atomic mass is 127. The minimum Gasteiger partial charge on any atom is -0.376 e. The highest BCUT2D eigenvalue weighted by Gasteiger charge is 2.23. The Morgan fingerprint density at radius 2 is 1.87 bits per heavy atom. The molecule has 2 fully saturated rings. The van der Waals surface area contributed by atoms with Gasteiger partial charge in [0.25, 0.3) is 5.91 Å². The van der Waals surface area contributed by atoms with Crippen LogP contribution < -0.4 is 10.6 Å². The Labute approximate surface area is 197 Å². The van der Waals surface area contributed by atoms with Gasteiger partial charge in [-0.2, -0.15) is 0 Å². The average Bonchev–Trinajstić information content (AvgIpc) is 2.79. The summed E-state index contributed by atoms with van der Waals surface area (Å²) < 4.78 is 11.8. The molecule has 2 saturated heterocycles. The minimum atomic E-state index is -0.0534. The monoisotopic (exact) mass is 530 g/mol. The number of carbonyl (C=O) groups excluding carboxylic acids is 1. The first kappa shape index (κ1) is 24.9. The van der Waals surface area contributed by atoms with E-state index in [2.05, 4.69) is 20.5 Å². The van der Waals surface area contributed by atoms with Crippen LogP contribution in [0.25, 0.3) is 0 Å². The number of ether oxygens (including phenoxy) is 2. The van der Waals surface area contributed by atoms with E-state index in [0.29, 0.717) is 24.8 Å². The Hall–Kier alpha value is -1.39. The van der Waals surface area contributed by atoms with Gasteiger partial charge in [-0.05, 0) is 44.2 Å². The molecule has 2 heterocycles. The van der Waals surface area contributed by atoms with Gasteiger partial charge in [0.05, 0.1) is 18.8 Å². The van der Waals surface area contributed by atoms with Gasteiger partial charge in [0.15, 0.2) is 5.96 Å². The van der Waals surface area contributed by atoms with Crippen LogP contribution >= 0.6 is 24.0 Å². The molecular weight excluding hydrogens is 495 g/mol. The Bertz CT molecular complexity index is 645. The normalized spacial score (nSPS) is 20.4. The van der Waals surface area contributed by atoms with Gasteiger partial charge in [-0.15, -0.1) is 24.0 Å². The van der Waals surface area contributed by atoms with E-state index in [9.17, 15) is 4.79 Å². The molecule has 0 radical (unpaired) electrons.